The summed E-state index contributed by atoms with van der Waals surface area (Å²) in [6.07, 6.45) is 1.09. The van der Waals surface area contributed by atoms with E-state index in [1.807, 2.05) is 30.3 Å². The summed E-state index contributed by atoms with van der Waals surface area (Å²) in [7, 11) is 2.98. The maximum atomic E-state index is 12.9. The number of imide groups is 1. The number of benzene rings is 2. The van der Waals surface area contributed by atoms with Gasteiger partial charge in [0.1, 0.15) is 5.54 Å². The van der Waals surface area contributed by atoms with Crippen LogP contribution < -0.4 is 14.8 Å². The van der Waals surface area contributed by atoms with Crippen molar-refractivity contribution in [2.75, 3.05) is 20.8 Å². The molecule has 0 spiro atoms. The molecule has 2 aromatic rings. The molecule has 1 aliphatic heterocycles. The fraction of sp³-hybridized carbons (Fsp3) is 0.318. The molecule has 29 heavy (non-hydrogen) atoms. The molecule has 1 fully saturated rings. The lowest BCUT2D eigenvalue weighted by atomic mass is 9.93. The van der Waals surface area contributed by atoms with E-state index in [9.17, 15) is 14.4 Å². The summed E-state index contributed by atoms with van der Waals surface area (Å²) in [5.41, 5.74) is 0.377. The van der Waals surface area contributed by atoms with Crippen LogP contribution in [0.2, 0.25) is 0 Å². The van der Waals surface area contributed by atoms with Crippen LogP contribution in [0.5, 0.6) is 11.5 Å². The number of methoxy groups -OCH3 is 2. The zero-order valence-corrected chi connectivity index (χ0v) is 16.7. The van der Waals surface area contributed by atoms with Gasteiger partial charge in [0.25, 0.3) is 5.91 Å². The lowest BCUT2D eigenvalue weighted by molar-refractivity contribution is -0.130. The van der Waals surface area contributed by atoms with Gasteiger partial charge in [0.2, 0.25) is 0 Å². The maximum Gasteiger partial charge on any atom is 0.325 e. The van der Waals surface area contributed by atoms with E-state index < -0.39 is 17.5 Å². The second kappa shape index (κ2) is 8.34. The van der Waals surface area contributed by atoms with E-state index in [1.54, 1.807) is 19.1 Å². The van der Waals surface area contributed by atoms with Crippen molar-refractivity contribution in [3.8, 4) is 11.5 Å². The van der Waals surface area contributed by atoms with Crippen molar-refractivity contribution >= 4 is 17.7 Å². The summed E-state index contributed by atoms with van der Waals surface area (Å²) in [5, 5.41) is 2.74. The number of nitrogens with one attached hydrogen (secondary N) is 1. The maximum absolute atomic E-state index is 12.9. The number of hydrogen-bond acceptors (Lipinski definition) is 5. The van der Waals surface area contributed by atoms with Crippen LogP contribution in [0.4, 0.5) is 4.79 Å². The summed E-state index contributed by atoms with van der Waals surface area (Å²) in [6, 6.07) is 13.9. The highest BCUT2D eigenvalue weighted by Gasteiger charge is 2.47. The Bertz CT molecular complexity index is 928. The molecule has 2 aromatic carbocycles. The van der Waals surface area contributed by atoms with Gasteiger partial charge in [-0.3, -0.25) is 14.5 Å². The van der Waals surface area contributed by atoms with Crippen molar-refractivity contribution < 1.29 is 23.9 Å². The number of ether oxygens (including phenoxy) is 2. The molecular formula is C22H24N2O5. The molecule has 1 saturated heterocycles. The molecule has 1 N–H and O–H groups in total. The number of Topliss-reactive ketones (excluding diaryl/α,β-unsaturated/α-hetero) is 1. The highest BCUT2D eigenvalue weighted by molar-refractivity contribution is 6.11. The minimum atomic E-state index is -1.04. The number of ketones is 1. The summed E-state index contributed by atoms with van der Waals surface area (Å²) in [5.74, 6) is 0.143. The Morgan fingerprint density at radius 2 is 1.72 bits per heavy atom. The van der Waals surface area contributed by atoms with Crippen molar-refractivity contribution in [3.63, 3.8) is 0 Å². The van der Waals surface area contributed by atoms with Gasteiger partial charge in [0, 0.05) is 5.56 Å². The number of amides is 3. The number of carbonyl (C=O) groups is 3. The summed E-state index contributed by atoms with van der Waals surface area (Å²) in [4.78, 5) is 38.9. The highest BCUT2D eigenvalue weighted by Crippen LogP contribution is 2.28. The van der Waals surface area contributed by atoms with Crippen LogP contribution in [0.1, 0.15) is 29.3 Å². The predicted molar refractivity (Wildman–Crippen MR) is 107 cm³/mol. The Balaban J connectivity index is 1.70. The molecule has 1 atom stereocenters. The molecule has 7 nitrogen and oxygen atoms in total. The first-order chi connectivity index (χ1) is 13.9. The number of aryl methyl sites for hydroxylation is 1. The van der Waals surface area contributed by atoms with Crippen LogP contribution in [0, 0.1) is 0 Å². The molecular weight excluding hydrogens is 372 g/mol. The Morgan fingerprint density at radius 1 is 1.03 bits per heavy atom. The third-order valence-electron chi connectivity index (χ3n) is 5.11. The van der Waals surface area contributed by atoms with Gasteiger partial charge in [-0.15, -0.1) is 0 Å². The second-order valence-corrected chi connectivity index (χ2v) is 7.13. The average Bonchev–Trinajstić information content (AvgIpc) is 2.95. The van der Waals surface area contributed by atoms with Gasteiger partial charge in [0.15, 0.2) is 17.3 Å². The Morgan fingerprint density at radius 3 is 2.38 bits per heavy atom. The van der Waals surface area contributed by atoms with Gasteiger partial charge >= 0.3 is 6.03 Å². The number of urea groups is 1. The van der Waals surface area contributed by atoms with Crippen molar-refractivity contribution in [2.45, 2.75) is 25.3 Å². The molecule has 3 rings (SSSR count). The first-order valence-electron chi connectivity index (χ1n) is 9.31. The van der Waals surface area contributed by atoms with Gasteiger partial charge in [-0.1, -0.05) is 30.3 Å². The van der Waals surface area contributed by atoms with Crippen LogP contribution in [0.3, 0.4) is 0 Å². The summed E-state index contributed by atoms with van der Waals surface area (Å²) >= 11 is 0. The smallest absolute Gasteiger partial charge is 0.325 e. The van der Waals surface area contributed by atoms with Gasteiger partial charge < -0.3 is 14.8 Å². The molecule has 1 heterocycles. The lowest BCUT2D eigenvalue weighted by Crippen LogP contribution is -2.44. The monoisotopic (exact) mass is 396 g/mol. The highest BCUT2D eigenvalue weighted by atomic mass is 16.5. The first kappa shape index (κ1) is 20.4. The van der Waals surface area contributed by atoms with Crippen LogP contribution in [-0.2, 0) is 11.2 Å². The number of nitrogens with zero attached hydrogens (tertiary/aromatic N) is 1. The minimum absolute atomic E-state index is 0.332. The molecule has 0 saturated carbocycles. The van der Waals surface area contributed by atoms with E-state index in [2.05, 4.69) is 5.32 Å². The third-order valence-corrected chi connectivity index (χ3v) is 5.11. The topological polar surface area (TPSA) is 84.9 Å². The summed E-state index contributed by atoms with van der Waals surface area (Å²) < 4.78 is 10.4. The number of rotatable bonds is 8. The average molecular weight is 396 g/mol. The quantitative estimate of drug-likeness (QED) is 0.548. The normalized spacial score (nSPS) is 18.5. The molecule has 7 heteroatoms. The van der Waals surface area contributed by atoms with Crippen LogP contribution >= 0.6 is 0 Å². The SMILES string of the molecule is COc1ccc(C(=O)CN2C(=O)N[C@@](C)(CCc3ccccc3)C2=O)cc1OC. The predicted octanol–water partition coefficient (Wildman–Crippen LogP) is 2.83. The van der Waals surface area contributed by atoms with Gasteiger partial charge in [-0.2, -0.15) is 0 Å². The second-order valence-electron chi connectivity index (χ2n) is 7.13. The van der Waals surface area contributed by atoms with E-state index in [4.69, 9.17) is 9.47 Å². The van der Waals surface area contributed by atoms with Crippen molar-refractivity contribution in [3.05, 3.63) is 59.7 Å². The van der Waals surface area contributed by atoms with Crippen molar-refractivity contribution in [2.24, 2.45) is 0 Å². The Labute approximate surface area is 169 Å². The number of carbonyl (C=O) groups excluding carboxylic acids is 3. The fourth-order valence-corrected chi connectivity index (χ4v) is 3.34. The molecule has 0 aromatic heterocycles. The van der Waals surface area contributed by atoms with Gasteiger partial charge in [-0.05, 0) is 43.5 Å². The van der Waals surface area contributed by atoms with E-state index >= 15 is 0 Å². The number of hydrogen-bond donors (Lipinski definition) is 1. The Hall–Kier alpha value is -3.35. The minimum Gasteiger partial charge on any atom is -0.493 e. The van der Waals surface area contributed by atoms with Crippen LogP contribution in [0.15, 0.2) is 48.5 Å². The third kappa shape index (κ3) is 4.23. The molecule has 0 bridgehead atoms. The first-order valence-corrected chi connectivity index (χ1v) is 9.31. The molecule has 3 amide bonds. The van der Waals surface area contributed by atoms with E-state index in [0.717, 1.165) is 10.5 Å². The Kier molecular flexibility index (Phi) is 5.87. The molecule has 152 valence electrons. The molecule has 0 aliphatic carbocycles. The van der Waals surface area contributed by atoms with Gasteiger partial charge in [0.05, 0.1) is 20.8 Å². The van der Waals surface area contributed by atoms with Crippen LogP contribution in [0.25, 0.3) is 0 Å². The molecule has 0 radical (unpaired) electrons. The fourth-order valence-electron chi connectivity index (χ4n) is 3.34. The van der Waals surface area contributed by atoms with E-state index in [0.29, 0.717) is 29.9 Å². The van der Waals surface area contributed by atoms with Crippen molar-refractivity contribution in [1.82, 2.24) is 10.2 Å². The lowest BCUT2D eigenvalue weighted by Gasteiger charge is -2.21. The van der Waals surface area contributed by atoms with Crippen molar-refractivity contribution in [1.29, 1.82) is 0 Å². The van der Waals surface area contributed by atoms with E-state index in [1.165, 1.54) is 20.3 Å². The standard InChI is InChI=1S/C22H24N2O5/c1-22(12-11-15-7-5-4-6-8-15)20(26)24(21(27)23-22)14-17(25)16-9-10-18(28-2)19(13-16)29-3/h4-10,13H,11-12,14H2,1-3H3,(H,23,27)/t22-/m0/s1. The largest absolute Gasteiger partial charge is 0.493 e. The zero-order valence-electron chi connectivity index (χ0n) is 16.7. The summed E-state index contributed by atoms with van der Waals surface area (Å²) in [6.45, 7) is 1.36. The molecule has 1 aliphatic rings. The molecule has 0 unspecified atom stereocenters. The van der Waals surface area contributed by atoms with E-state index in [-0.39, 0.29) is 12.3 Å². The zero-order chi connectivity index (χ0) is 21.0. The van der Waals surface area contributed by atoms with Gasteiger partial charge in [-0.25, -0.2) is 4.79 Å². The van der Waals surface area contributed by atoms with Crippen LogP contribution in [-0.4, -0.2) is 48.9 Å².